The average Bonchev–Trinajstić information content (AvgIpc) is 2.94. The number of nitrogens with zero attached hydrogens (tertiary/aromatic N) is 5. The Hall–Kier alpha value is -1.79. The Morgan fingerprint density at radius 3 is 2.70 bits per heavy atom. The summed E-state index contributed by atoms with van der Waals surface area (Å²) in [6.07, 6.45) is 0.946. The van der Waals surface area contributed by atoms with Crippen LogP contribution in [0.1, 0.15) is 11.4 Å². The molecule has 0 radical (unpaired) electrons. The van der Waals surface area contributed by atoms with Crippen molar-refractivity contribution in [3.05, 3.63) is 41.7 Å². The molecule has 20 heavy (non-hydrogen) atoms. The molecule has 1 saturated heterocycles. The minimum Gasteiger partial charge on any atom is -0.379 e. The molecule has 2 aromatic rings. The highest BCUT2D eigenvalue weighted by Gasteiger charge is 2.14. The molecule has 1 aliphatic rings. The molecule has 0 saturated carbocycles. The topological polar surface area (TPSA) is 56.1 Å². The zero-order valence-electron chi connectivity index (χ0n) is 11.5. The maximum absolute atomic E-state index is 5.35. The van der Waals surface area contributed by atoms with Crippen LogP contribution in [0.4, 0.5) is 0 Å². The molecule has 1 fully saturated rings. The van der Waals surface area contributed by atoms with Crippen LogP contribution >= 0.6 is 0 Å². The van der Waals surface area contributed by atoms with Gasteiger partial charge in [0.2, 0.25) is 0 Å². The van der Waals surface area contributed by atoms with Gasteiger partial charge in [-0.15, -0.1) is 5.10 Å². The second kappa shape index (κ2) is 6.58. The fourth-order valence-electron chi connectivity index (χ4n) is 2.35. The first-order chi connectivity index (χ1) is 9.92. The molecular formula is C14H19N5O. The highest BCUT2D eigenvalue weighted by molar-refractivity contribution is 5.14. The summed E-state index contributed by atoms with van der Waals surface area (Å²) in [5.74, 6) is 0.933. The number of benzene rings is 1. The van der Waals surface area contributed by atoms with Gasteiger partial charge in [0.25, 0.3) is 0 Å². The minimum absolute atomic E-state index is 0.797. The van der Waals surface area contributed by atoms with Gasteiger partial charge in [-0.3, -0.25) is 4.90 Å². The van der Waals surface area contributed by atoms with Gasteiger partial charge >= 0.3 is 0 Å². The fraction of sp³-hybridized carbons (Fsp3) is 0.500. The van der Waals surface area contributed by atoms with Gasteiger partial charge in [0, 0.05) is 19.6 Å². The van der Waals surface area contributed by atoms with Crippen LogP contribution < -0.4 is 0 Å². The minimum atomic E-state index is 0.797. The van der Waals surface area contributed by atoms with Gasteiger partial charge in [-0.1, -0.05) is 30.3 Å². The van der Waals surface area contributed by atoms with E-state index in [1.165, 1.54) is 5.56 Å². The van der Waals surface area contributed by atoms with Crippen molar-refractivity contribution in [3.63, 3.8) is 0 Å². The van der Waals surface area contributed by atoms with E-state index in [0.29, 0.717) is 0 Å². The Morgan fingerprint density at radius 1 is 1.10 bits per heavy atom. The van der Waals surface area contributed by atoms with Gasteiger partial charge < -0.3 is 4.74 Å². The van der Waals surface area contributed by atoms with E-state index in [4.69, 9.17) is 4.74 Å². The van der Waals surface area contributed by atoms with Crippen molar-refractivity contribution >= 4 is 0 Å². The smallest absolute Gasteiger partial charge is 0.165 e. The molecule has 1 aromatic heterocycles. The highest BCUT2D eigenvalue weighted by Crippen LogP contribution is 2.06. The molecule has 1 aliphatic heterocycles. The van der Waals surface area contributed by atoms with Gasteiger partial charge in [-0.2, -0.15) is 0 Å². The highest BCUT2D eigenvalue weighted by atomic mass is 16.5. The van der Waals surface area contributed by atoms with E-state index in [0.717, 1.165) is 51.6 Å². The summed E-state index contributed by atoms with van der Waals surface area (Å²) in [7, 11) is 0. The van der Waals surface area contributed by atoms with Crippen LogP contribution in [0.3, 0.4) is 0 Å². The van der Waals surface area contributed by atoms with Crippen molar-refractivity contribution in [1.82, 2.24) is 25.1 Å². The molecule has 6 heteroatoms. The summed E-state index contributed by atoms with van der Waals surface area (Å²) in [5, 5.41) is 12.0. The van der Waals surface area contributed by atoms with Crippen molar-refractivity contribution < 1.29 is 4.74 Å². The Bertz CT molecular complexity index is 521. The van der Waals surface area contributed by atoms with Crippen molar-refractivity contribution in [1.29, 1.82) is 0 Å². The van der Waals surface area contributed by atoms with Gasteiger partial charge in [0.15, 0.2) is 5.82 Å². The third-order valence-corrected chi connectivity index (χ3v) is 3.53. The number of hydrogen-bond acceptors (Lipinski definition) is 5. The third-order valence-electron chi connectivity index (χ3n) is 3.53. The van der Waals surface area contributed by atoms with E-state index >= 15 is 0 Å². The lowest BCUT2D eigenvalue weighted by atomic mass is 10.1. The molecule has 0 aliphatic carbocycles. The van der Waals surface area contributed by atoms with E-state index < -0.39 is 0 Å². The molecule has 0 bridgehead atoms. The predicted octanol–water partition coefficient (Wildman–Crippen LogP) is 0.748. The van der Waals surface area contributed by atoms with Gasteiger partial charge in [-0.05, 0) is 22.4 Å². The Morgan fingerprint density at radius 2 is 1.90 bits per heavy atom. The number of aryl methyl sites for hydroxylation is 2. The van der Waals surface area contributed by atoms with Crippen LogP contribution in [-0.4, -0.2) is 51.4 Å². The Labute approximate surface area is 118 Å². The van der Waals surface area contributed by atoms with Crippen molar-refractivity contribution in [2.75, 3.05) is 26.3 Å². The molecular weight excluding hydrogens is 254 g/mol. The second-order valence-corrected chi connectivity index (χ2v) is 4.94. The van der Waals surface area contributed by atoms with Crippen molar-refractivity contribution in [2.24, 2.45) is 0 Å². The fourth-order valence-corrected chi connectivity index (χ4v) is 2.35. The number of aromatic nitrogens is 4. The predicted molar refractivity (Wildman–Crippen MR) is 74.1 cm³/mol. The van der Waals surface area contributed by atoms with Gasteiger partial charge in [0.1, 0.15) is 0 Å². The van der Waals surface area contributed by atoms with Gasteiger partial charge in [0.05, 0.1) is 19.8 Å². The lowest BCUT2D eigenvalue weighted by molar-refractivity contribution is 0.0324. The van der Waals surface area contributed by atoms with Crippen LogP contribution in [0.25, 0.3) is 0 Å². The zero-order valence-corrected chi connectivity index (χ0v) is 11.5. The molecule has 0 N–H and O–H groups in total. The van der Waals surface area contributed by atoms with Crippen LogP contribution in [0.2, 0.25) is 0 Å². The van der Waals surface area contributed by atoms with E-state index in [2.05, 4.69) is 44.7 Å². The monoisotopic (exact) mass is 273 g/mol. The van der Waals surface area contributed by atoms with E-state index in [-0.39, 0.29) is 0 Å². The van der Waals surface area contributed by atoms with Crippen molar-refractivity contribution in [2.45, 2.75) is 19.5 Å². The largest absolute Gasteiger partial charge is 0.379 e. The van der Waals surface area contributed by atoms with Crippen LogP contribution in [-0.2, 0) is 24.2 Å². The molecule has 1 aromatic carbocycles. The van der Waals surface area contributed by atoms with E-state index in [1.54, 1.807) is 0 Å². The number of morpholine rings is 1. The number of tetrazole rings is 1. The molecule has 3 rings (SSSR count). The normalized spacial score (nSPS) is 16.4. The lowest BCUT2D eigenvalue weighted by Gasteiger charge is -2.25. The molecule has 2 heterocycles. The summed E-state index contributed by atoms with van der Waals surface area (Å²) >= 11 is 0. The Balaban J connectivity index is 1.58. The van der Waals surface area contributed by atoms with E-state index in [9.17, 15) is 0 Å². The molecule has 0 atom stereocenters. The summed E-state index contributed by atoms with van der Waals surface area (Å²) in [5.41, 5.74) is 1.31. The lowest BCUT2D eigenvalue weighted by Crippen LogP contribution is -2.36. The van der Waals surface area contributed by atoms with E-state index in [1.807, 2.05) is 10.7 Å². The molecule has 0 unspecified atom stereocenters. The third kappa shape index (κ3) is 3.40. The first-order valence-electron chi connectivity index (χ1n) is 7.01. The molecule has 6 nitrogen and oxygen atoms in total. The maximum atomic E-state index is 5.35. The molecule has 106 valence electrons. The summed E-state index contributed by atoms with van der Waals surface area (Å²) in [6, 6.07) is 10.4. The number of rotatable bonds is 5. The first kappa shape index (κ1) is 13.2. The standard InChI is InChI=1S/C14H19N5O/c1-2-4-13(5-3-1)6-7-19-14(15-16-17-19)12-18-8-10-20-11-9-18/h1-5H,6-12H2. The van der Waals surface area contributed by atoms with Gasteiger partial charge in [-0.25, -0.2) is 4.68 Å². The SMILES string of the molecule is c1ccc(CCn2nnnc2CN2CCOCC2)cc1. The average molecular weight is 273 g/mol. The summed E-state index contributed by atoms with van der Waals surface area (Å²) in [4.78, 5) is 2.33. The van der Waals surface area contributed by atoms with Crippen LogP contribution in [0, 0.1) is 0 Å². The number of ether oxygens (including phenoxy) is 1. The second-order valence-electron chi connectivity index (χ2n) is 4.94. The number of hydrogen-bond donors (Lipinski definition) is 0. The first-order valence-corrected chi connectivity index (χ1v) is 7.01. The summed E-state index contributed by atoms with van der Waals surface area (Å²) < 4.78 is 7.26. The quantitative estimate of drug-likeness (QED) is 0.804. The maximum Gasteiger partial charge on any atom is 0.165 e. The van der Waals surface area contributed by atoms with Crippen LogP contribution in [0.15, 0.2) is 30.3 Å². The molecule has 0 spiro atoms. The zero-order chi connectivity index (χ0) is 13.6. The van der Waals surface area contributed by atoms with Crippen molar-refractivity contribution in [3.8, 4) is 0 Å². The molecule has 0 amide bonds. The van der Waals surface area contributed by atoms with Crippen LogP contribution in [0.5, 0.6) is 0 Å². The Kier molecular flexibility index (Phi) is 4.35. The summed E-state index contributed by atoms with van der Waals surface area (Å²) in [6.45, 7) is 5.11.